The molecule has 1 amide bonds. The number of primary amides is 1. The summed E-state index contributed by atoms with van der Waals surface area (Å²) in [7, 11) is 0. The van der Waals surface area contributed by atoms with E-state index < -0.39 is 23.7 Å². The Morgan fingerprint density at radius 3 is 2.37 bits per heavy atom. The van der Waals surface area contributed by atoms with Crippen LogP contribution in [0, 0.1) is 5.92 Å². The monoisotopic (exact) mass is 274 g/mol. The molecule has 1 aromatic rings. The van der Waals surface area contributed by atoms with Crippen LogP contribution in [0.3, 0.4) is 0 Å². The molecule has 0 bridgehead atoms. The molecular formula is C13H17F3N2O. The Bertz CT molecular complexity index is 444. The standard InChI is InChI=1S/C13H17F3N2O/c1-8(2)11(12(17)19)18-7-9-5-3-4-6-10(9)13(14,15)16/h3-6,8,11,18H,7H2,1-2H3,(H2,17,19). The fraction of sp³-hybridized carbons (Fsp3) is 0.462. The number of halogens is 3. The molecule has 0 aliphatic rings. The number of alkyl halides is 3. The second kappa shape index (κ2) is 6.06. The first-order chi connectivity index (χ1) is 8.73. The third-order valence-corrected chi connectivity index (χ3v) is 2.81. The highest BCUT2D eigenvalue weighted by Gasteiger charge is 2.33. The number of benzene rings is 1. The lowest BCUT2D eigenvalue weighted by Gasteiger charge is -2.20. The van der Waals surface area contributed by atoms with Crippen LogP contribution in [0.1, 0.15) is 25.0 Å². The van der Waals surface area contributed by atoms with Crippen molar-refractivity contribution in [3.8, 4) is 0 Å². The summed E-state index contributed by atoms with van der Waals surface area (Å²) in [5, 5.41) is 2.77. The lowest BCUT2D eigenvalue weighted by molar-refractivity contribution is -0.138. The fourth-order valence-corrected chi connectivity index (χ4v) is 1.84. The number of amides is 1. The highest BCUT2D eigenvalue weighted by molar-refractivity contribution is 5.80. The van der Waals surface area contributed by atoms with Crippen LogP contribution in [0.25, 0.3) is 0 Å². The van der Waals surface area contributed by atoms with Crippen molar-refractivity contribution in [1.29, 1.82) is 0 Å². The third kappa shape index (κ3) is 4.24. The van der Waals surface area contributed by atoms with Crippen LogP contribution < -0.4 is 11.1 Å². The molecule has 3 nitrogen and oxygen atoms in total. The van der Waals surface area contributed by atoms with Crippen molar-refractivity contribution in [3.05, 3.63) is 35.4 Å². The Kier molecular flexibility index (Phi) is 4.94. The SMILES string of the molecule is CC(C)C(NCc1ccccc1C(F)(F)F)C(N)=O. The molecule has 0 aliphatic heterocycles. The van der Waals surface area contributed by atoms with Gasteiger partial charge in [-0.2, -0.15) is 13.2 Å². The maximum atomic E-state index is 12.8. The van der Waals surface area contributed by atoms with E-state index in [1.54, 1.807) is 13.8 Å². The van der Waals surface area contributed by atoms with Crippen LogP contribution >= 0.6 is 0 Å². The maximum Gasteiger partial charge on any atom is 0.416 e. The number of nitrogens with one attached hydrogen (secondary N) is 1. The van der Waals surface area contributed by atoms with E-state index in [0.29, 0.717) is 0 Å². The Balaban J connectivity index is 2.86. The molecule has 3 N–H and O–H groups in total. The molecule has 1 unspecified atom stereocenters. The lowest BCUT2D eigenvalue weighted by atomic mass is 10.0. The lowest BCUT2D eigenvalue weighted by Crippen LogP contribution is -2.44. The smallest absolute Gasteiger partial charge is 0.368 e. The molecule has 6 heteroatoms. The van der Waals surface area contributed by atoms with Gasteiger partial charge < -0.3 is 11.1 Å². The summed E-state index contributed by atoms with van der Waals surface area (Å²) in [5.74, 6) is -0.657. The van der Waals surface area contributed by atoms with Gasteiger partial charge in [-0.1, -0.05) is 32.0 Å². The van der Waals surface area contributed by atoms with Crippen LogP contribution in [0.5, 0.6) is 0 Å². The van der Waals surface area contributed by atoms with Crippen LogP contribution in [-0.2, 0) is 17.5 Å². The molecule has 19 heavy (non-hydrogen) atoms. The van der Waals surface area contributed by atoms with E-state index in [2.05, 4.69) is 5.32 Å². The normalized spacial score (nSPS) is 13.6. The number of carbonyl (C=O) groups excluding carboxylic acids is 1. The van der Waals surface area contributed by atoms with Gasteiger partial charge in [-0.3, -0.25) is 4.79 Å². The quantitative estimate of drug-likeness (QED) is 0.865. The second-order valence-corrected chi connectivity index (χ2v) is 4.66. The maximum absolute atomic E-state index is 12.8. The summed E-state index contributed by atoms with van der Waals surface area (Å²) in [6.45, 7) is 3.50. The van der Waals surface area contributed by atoms with Crippen LogP contribution in [0.4, 0.5) is 13.2 Å². The van der Waals surface area contributed by atoms with E-state index in [0.717, 1.165) is 6.07 Å². The first kappa shape index (κ1) is 15.5. The molecule has 1 aromatic carbocycles. The van der Waals surface area contributed by atoms with Crippen LogP contribution in [0.15, 0.2) is 24.3 Å². The third-order valence-electron chi connectivity index (χ3n) is 2.81. The average Bonchev–Trinajstić information content (AvgIpc) is 2.27. The first-order valence-electron chi connectivity index (χ1n) is 5.91. The van der Waals surface area contributed by atoms with Crippen LogP contribution in [0.2, 0.25) is 0 Å². The number of hydrogen-bond acceptors (Lipinski definition) is 2. The average molecular weight is 274 g/mol. The molecule has 1 atom stereocenters. The minimum Gasteiger partial charge on any atom is -0.368 e. The van der Waals surface area contributed by atoms with Crippen molar-refractivity contribution >= 4 is 5.91 Å². The molecule has 0 saturated heterocycles. The molecule has 0 aliphatic carbocycles. The summed E-state index contributed by atoms with van der Waals surface area (Å²) >= 11 is 0. The van der Waals surface area contributed by atoms with E-state index >= 15 is 0 Å². The van der Waals surface area contributed by atoms with Crippen molar-refractivity contribution in [2.24, 2.45) is 11.7 Å². The summed E-state index contributed by atoms with van der Waals surface area (Å²) < 4.78 is 38.3. The number of rotatable bonds is 5. The summed E-state index contributed by atoms with van der Waals surface area (Å²) in [6, 6.07) is 4.61. The van der Waals surface area contributed by atoms with Gasteiger partial charge >= 0.3 is 6.18 Å². The van der Waals surface area contributed by atoms with E-state index in [4.69, 9.17) is 5.73 Å². The van der Waals surface area contributed by atoms with Gasteiger partial charge in [0.05, 0.1) is 11.6 Å². The van der Waals surface area contributed by atoms with Crippen molar-refractivity contribution in [1.82, 2.24) is 5.32 Å². The Hall–Kier alpha value is -1.56. The molecule has 0 saturated carbocycles. The zero-order chi connectivity index (χ0) is 14.6. The summed E-state index contributed by atoms with van der Waals surface area (Å²) in [6.07, 6.45) is -4.40. The second-order valence-electron chi connectivity index (χ2n) is 4.66. The Morgan fingerprint density at radius 2 is 1.89 bits per heavy atom. The number of carbonyl (C=O) groups is 1. The summed E-state index contributed by atoms with van der Waals surface area (Å²) in [4.78, 5) is 11.2. The molecular weight excluding hydrogens is 257 g/mol. The Labute approximate surface area is 110 Å². The van der Waals surface area contributed by atoms with Crippen molar-refractivity contribution in [3.63, 3.8) is 0 Å². The molecule has 0 spiro atoms. The summed E-state index contributed by atoms with van der Waals surface area (Å²) in [5.41, 5.74) is 4.60. The van der Waals surface area contributed by atoms with Gasteiger partial charge in [0.1, 0.15) is 0 Å². The molecule has 0 heterocycles. The van der Waals surface area contributed by atoms with E-state index in [-0.39, 0.29) is 18.0 Å². The van der Waals surface area contributed by atoms with E-state index in [1.807, 2.05) is 0 Å². The predicted molar refractivity (Wildman–Crippen MR) is 66.1 cm³/mol. The van der Waals surface area contributed by atoms with Gasteiger partial charge in [-0.25, -0.2) is 0 Å². The van der Waals surface area contributed by atoms with Gasteiger partial charge in [0.2, 0.25) is 5.91 Å². The van der Waals surface area contributed by atoms with Gasteiger partial charge in [-0.15, -0.1) is 0 Å². The largest absolute Gasteiger partial charge is 0.416 e. The van der Waals surface area contributed by atoms with Crippen molar-refractivity contribution in [2.45, 2.75) is 32.6 Å². The molecule has 106 valence electrons. The van der Waals surface area contributed by atoms with E-state index in [9.17, 15) is 18.0 Å². The van der Waals surface area contributed by atoms with E-state index in [1.165, 1.54) is 18.2 Å². The highest BCUT2D eigenvalue weighted by Crippen LogP contribution is 2.31. The molecule has 0 aromatic heterocycles. The van der Waals surface area contributed by atoms with Gasteiger partial charge in [0, 0.05) is 6.54 Å². The molecule has 1 rings (SSSR count). The zero-order valence-corrected chi connectivity index (χ0v) is 10.8. The zero-order valence-electron chi connectivity index (χ0n) is 10.8. The topological polar surface area (TPSA) is 55.1 Å². The van der Waals surface area contributed by atoms with Crippen molar-refractivity contribution in [2.75, 3.05) is 0 Å². The number of nitrogens with two attached hydrogens (primary N) is 1. The molecule has 0 fully saturated rings. The minimum absolute atomic E-state index is 0.0541. The first-order valence-corrected chi connectivity index (χ1v) is 5.91. The van der Waals surface area contributed by atoms with Crippen molar-refractivity contribution < 1.29 is 18.0 Å². The van der Waals surface area contributed by atoms with Gasteiger partial charge in [-0.05, 0) is 17.5 Å². The van der Waals surface area contributed by atoms with Gasteiger partial charge in [0.25, 0.3) is 0 Å². The number of hydrogen-bond donors (Lipinski definition) is 2. The van der Waals surface area contributed by atoms with Gasteiger partial charge in [0.15, 0.2) is 0 Å². The van der Waals surface area contributed by atoms with Crippen LogP contribution in [-0.4, -0.2) is 11.9 Å². The fourth-order valence-electron chi connectivity index (χ4n) is 1.84. The minimum atomic E-state index is -4.40. The highest BCUT2D eigenvalue weighted by atomic mass is 19.4. The Morgan fingerprint density at radius 1 is 1.32 bits per heavy atom. The molecule has 0 radical (unpaired) electrons. The predicted octanol–water partition coefficient (Wildman–Crippen LogP) is 2.30.